The minimum Gasteiger partial charge on any atom is -0.756 e. The standard InChI is InChI=1S/C27H35N6O9PS/c1-8-11-29(14-16-41-43(39,40)42-17-15-33(4,5)6)24(34)20-30(12-9-2)25(35)21-31(13-10-3)27(36)22-18-23(32(37)38)26(44-7)28-19-22/h1-3,18-19H,11-17,20-21H2,4-7H3. The van der Waals surface area contributed by atoms with Crippen molar-refractivity contribution in [1.29, 1.82) is 0 Å². The fraction of sp³-hybridized carbons (Fsp3) is 0.481. The quantitative estimate of drug-likeness (QED) is 0.0519. The summed E-state index contributed by atoms with van der Waals surface area (Å²) < 4.78 is 22.2. The van der Waals surface area contributed by atoms with Gasteiger partial charge in [-0.25, -0.2) is 4.98 Å². The third-order valence-corrected chi connectivity index (χ3v) is 7.28. The number of quaternary nitrogens is 1. The molecule has 1 atom stereocenters. The van der Waals surface area contributed by atoms with Crippen LogP contribution in [0.5, 0.6) is 0 Å². The van der Waals surface area contributed by atoms with Crippen LogP contribution < -0.4 is 4.89 Å². The van der Waals surface area contributed by atoms with E-state index in [1.54, 1.807) is 6.26 Å². The molecule has 0 radical (unpaired) electrons. The Labute approximate surface area is 261 Å². The largest absolute Gasteiger partial charge is 0.756 e. The Morgan fingerprint density at radius 2 is 1.52 bits per heavy atom. The minimum absolute atomic E-state index is 0.0946. The van der Waals surface area contributed by atoms with E-state index in [1.165, 1.54) is 0 Å². The lowest BCUT2D eigenvalue weighted by molar-refractivity contribution is -0.870. The van der Waals surface area contributed by atoms with Gasteiger partial charge in [-0.15, -0.1) is 31.0 Å². The maximum atomic E-state index is 13.2. The Hall–Kier alpha value is -3.94. The number of terminal acetylenes is 3. The van der Waals surface area contributed by atoms with Crippen LogP contribution in [-0.4, -0.2) is 133 Å². The molecule has 0 fully saturated rings. The van der Waals surface area contributed by atoms with Crippen LogP contribution in [0.4, 0.5) is 5.69 Å². The first-order chi connectivity index (χ1) is 20.6. The highest BCUT2D eigenvalue weighted by Gasteiger charge is 2.27. The molecular weight excluding hydrogens is 615 g/mol. The molecule has 44 heavy (non-hydrogen) atoms. The lowest BCUT2D eigenvalue weighted by Gasteiger charge is -2.29. The molecule has 1 unspecified atom stereocenters. The van der Waals surface area contributed by atoms with E-state index in [9.17, 15) is 34.0 Å². The highest BCUT2D eigenvalue weighted by molar-refractivity contribution is 7.98. The zero-order valence-corrected chi connectivity index (χ0v) is 26.7. The number of carbonyl (C=O) groups excluding carboxylic acids is 3. The number of amides is 3. The molecule has 1 rings (SSSR count). The number of nitrogens with zero attached hydrogens (tertiary/aromatic N) is 6. The minimum atomic E-state index is -4.65. The van der Waals surface area contributed by atoms with Crippen molar-refractivity contribution >= 4 is 43.0 Å². The Morgan fingerprint density at radius 3 is 2.07 bits per heavy atom. The van der Waals surface area contributed by atoms with E-state index in [4.69, 9.17) is 28.3 Å². The van der Waals surface area contributed by atoms with Crippen molar-refractivity contribution in [2.75, 3.05) is 86.4 Å². The second kappa shape index (κ2) is 18.0. The van der Waals surface area contributed by atoms with E-state index in [0.29, 0.717) is 11.0 Å². The van der Waals surface area contributed by atoms with Crippen LogP contribution in [0.1, 0.15) is 10.4 Å². The fourth-order valence-electron chi connectivity index (χ4n) is 3.34. The van der Waals surface area contributed by atoms with Crippen molar-refractivity contribution in [3.05, 3.63) is 27.9 Å². The van der Waals surface area contributed by atoms with Gasteiger partial charge in [0.25, 0.3) is 13.7 Å². The van der Waals surface area contributed by atoms with Crippen molar-refractivity contribution in [3.8, 4) is 37.0 Å². The number of aromatic nitrogens is 1. The summed E-state index contributed by atoms with van der Waals surface area (Å²) in [5.41, 5.74) is -0.564. The molecule has 0 bridgehead atoms. The molecule has 1 heterocycles. The van der Waals surface area contributed by atoms with Crippen molar-refractivity contribution in [2.24, 2.45) is 0 Å². The van der Waals surface area contributed by atoms with E-state index in [-0.39, 0.29) is 43.4 Å². The molecule has 0 saturated heterocycles. The van der Waals surface area contributed by atoms with Crippen LogP contribution in [0.3, 0.4) is 0 Å². The van der Waals surface area contributed by atoms with E-state index in [0.717, 1.165) is 38.7 Å². The van der Waals surface area contributed by atoms with Gasteiger partial charge in [0, 0.05) is 18.8 Å². The molecule has 238 valence electrons. The first-order valence-electron chi connectivity index (χ1n) is 12.8. The molecule has 0 aromatic carbocycles. The van der Waals surface area contributed by atoms with Crippen LogP contribution in [0.2, 0.25) is 0 Å². The average molecular weight is 651 g/mol. The first kappa shape index (κ1) is 38.1. The van der Waals surface area contributed by atoms with Gasteiger partial charge in [-0.05, 0) is 6.26 Å². The summed E-state index contributed by atoms with van der Waals surface area (Å²) in [6, 6.07) is 1.04. The summed E-state index contributed by atoms with van der Waals surface area (Å²) in [7, 11) is 0.931. The van der Waals surface area contributed by atoms with Crippen LogP contribution in [0.15, 0.2) is 17.3 Å². The third kappa shape index (κ3) is 13.1. The number of phosphoric ester groups is 1. The number of thioether (sulfide) groups is 1. The second-order valence-electron chi connectivity index (χ2n) is 9.98. The van der Waals surface area contributed by atoms with Gasteiger partial charge in [-0.3, -0.25) is 29.1 Å². The average Bonchev–Trinajstić information content (AvgIpc) is 2.94. The lowest BCUT2D eigenvalue weighted by atomic mass is 10.2. The number of hydrogen-bond donors (Lipinski definition) is 0. The van der Waals surface area contributed by atoms with Gasteiger partial charge in [0.15, 0.2) is 5.03 Å². The summed E-state index contributed by atoms with van der Waals surface area (Å²) in [6.07, 6.45) is 18.9. The number of rotatable bonds is 18. The number of likely N-dealkylation sites (N-methyl/N-ethyl adjacent to an activating group) is 1. The molecule has 0 aliphatic rings. The maximum absolute atomic E-state index is 13.2. The smallest absolute Gasteiger partial charge is 0.302 e. The molecule has 0 N–H and O–H groups in total. The van der Waals surface area contributed by atoms with Gasteiger partial charge < -0.3 is 33.1 Å². The summed E-state index contributed by atoms with van der Waals surface area (Å²) >= 11 is 1.02. The number of pyridine rings is 1. The van der Waals surface area contributed by atoms with E-state index in [1.807, 2.05) is 21.1 Å². The van der Waals surface area contributed by atoms with E-state index < -0.39 is 55.9 Å². The van der Waals surface area contributed by atoms with Crippen LogP contribution in [0.25, 0.3) is 0 Å². The highest BCUT2D eigenvalue weighted by atomic mass is 32.2. The summed E-state index contributed by atoms with van der Waals surface area (Å²) in [5.74, 6) is 4.55. The third-order valence-electron chi connectivity index (χ3n) is 5.58. The lowest BCUT2D eigenvalue weighted by Crippen LogP contribution is -2.48. The molecule has 0 saturated carbocycles. The van der Waals surface area contributed by atoms with Gasteiger partial charge >= 0.3 is 5.69 Å². The molecule has 0 aliphatic carbocycles. The van der Waals surface area contributed by atoms with Gasteiger partial charge in [-0.1, -0.05) is 17.8 Å². The Kier molecular flexibility index (Phi) is 15.6. The van der Waals surface area contributed by atoms with Gasteiger partial charge in [0.2, 0.25) is 11.8 Å². The normalized spacial score (nSPS) is 12.1. The fourth-order valence-corrected chi connectivity index (χ4v) is 4.52. The van der Waals surface area contributed by atoms with Crippen molar-refractivity contribution in [3.63, 3.8) is 0 Å². The predicted octanol–water partition coefficient (Wildman–Crippen LogP) is -0.0815. The molecule has 3 amide bonds. The monoisotopic (exact) mass is 650 g/mol. The Balaban J connectivity index is 2.97. The van der Waals surface area contributed by atoms with Crippen molar-refractivity contribution < 1.29 is 42.3 Å². The molecule has 1 aromatic rings. The van der Waals surface area contributed by atoms with Crippen LogP contribution >= 0.6 is 19.6 Å². The summed E-state index contributed by atoms with van der Waals surface area (Å²) in [4.78, 5) is 69.1. The zero-order chi connectivity index (χ0) is 33.5. The Bertz CT molecular complexity index is 1380. The van der Waals surface area contributed by atoms with Crippen LogP contribution in [0, 0.1) is 47.1 Å². The van der Waals surface area contributed by atoms with Crippen LogP contribution in [-0.2, 0) is 23.2 Å². The van der Waals surface area contributed by atoms with E-state index >= 15 is 0 Å². The summed E-state index contributed by atoms with van der Waals surface area (Å²) in [5, 5.41) is 11.5. The van der Waals surface area contributed by atoms with E-state index in [2.05, 4.69) is 22.7 Å². The molecule has 17 heteroatoms. The second-order valence-corrected chi connectivity index (χ2v) is 12.2. The molecule has 0 spiro atoms. The number of nitro groups is 1. The van der Waals surface area contributed by atoms with Gasteiger partial charge in [0.05, 0.1) is 57.9 Å². The predicted molar refractivity (Wildman–Crippen MR) is 161 cm³/mol. The van der Waals surface area contributed by atoms with Crippen molar-refractivity contribution in [1.82, 2.24) is 19.7 Å². The molecule has 0 aliphatic heterocycles. The summed E-state index contributed by atoms with van der Waals surface area (Å²) in [6.45, 7) is -2.47. The molecule has 15 nitrogen and oxygen atoms in total. The van der Waals surface area contributed by atoms with Crippen molar-refractivity contribution in [2.45, 2.75) is 5.03 Å². The zero-order valence-electron chi connectivity index (χ0n) is 25.0. The Morgan fingerprint density at radius 1 is 1.00 bits per heavy atom. The van der Waals surface area contributed by atoms with Gasteiger partial charge in [-0.2, -0.15) is 0 Å². The maximum Gasteiger partial charge on any atom is 0.302 e. The topological polar surface area (TPSA) is 176 Å². The van der Waals surface area contributed by atoms with Gasteiger partial charge in [0.1, 0.15) is 26.2 Å². The number of hydrogen-bond acceptors (Lipinski definition) is 11. The molecular formula is C27H35N6O9PS. The highest BCUT2D eigenvalue weighted by Crippen LogP contribution is 2.37. The SMILES string of the molecule is C#CCN(CCOP(=O)([O-])OCC[N+](C)(C)C)C(=O)CN(CC#C)C(=O)CN(CC#C)C(=O)c1cnc(SC)c([N+](=O)[O-])c1. The number of carbonyl (C=O) groups is 3. The molecule has 1 aromatic heterocycles. The number of phosphoric acid groups is 1. The first-order valence-corrected chi connectivity index (χ1v) is 15.5.